The minimum absolute atomic E-state index is 0.404. The predicted molar refractivity (Wildman–Crippen MR) is 79.4 cm³/mol. The molecule has 2 rings (SSSR count). The van der Waals surface area contributed by atoms with Gasteiger partial charge in [-0.05, 0) is 17.7 Å². The second-order valence-electron chi connectivity index (χ2n) is 5.01. The molecule has 23 heavy (non-hydrogen) atoms. The number of ether oxygens (including phenoxy) is 2. The highest BCUT2D eigenvalue weighted by atomic mass is 16.7. The Kier molecular flexibility index (Phi) is 5.91. The minimum Gasteiger partial charge on any atom is -0.394 e. The molecule has 1 aromatic rings. The topological polar surface area (TPSA) is 137 Å². The van der Waals surface area contributed by atoms with E-state index in [1.54, 1.807) is 30.3 Å². The smallest absolute Gasteiger partial charge is 0.251 e. The standard InChI is InChI=1S/C14H18N4O5/c1-22-14-11(16-13(21)8-5-3-2-4-6-8)10(17-18-15)12(20)9(7-19)23-14/h2-6,9-12,14,19-20H,7H2,1H3,(H,16,21)/t9-,10-,11+,12+,14+/m0/s1. The lowest BCUT2D eigenvalue weighted by Gasteiger charge is -2.42. The summed E-state index contributed by atoms with van der Waals surface area (Å²) in [5.41, 5.74) is 9.12. The third kappa shape index (κ3) is 3.79. The largest absolute Gasteiger partial charge is 0.394 e. The molecule has 9 heteroatoms. The van der Waals surface area contributed by atoms with E-state index in [1.165, 1.54) is 7.11 Å². The van der Waals surface area contributed by atoms with Crippen LogP contribution in [0.25, 0.3) is 10.4 Å². The van der Waals surface area contributed by atoms with Crippen LogP contribution in [0.15, 0.2) is 35.4 Å². The number of rotatable bonds is 5. The van der Waals surface area contributed by atoms with Crippen LogP contribution < -0.4 is 5.32 Å². The Morgan fingerprint density at radius 2 is 2.17 bits per heavy atom. The number of hydrogen-bond acceptors (Lipinski definition) is 6. The molecular formula is C14H18N4O5. The zero-order valence-corrected chi connectivity index (χ0v) is 12.4. The van der Waals surface area contributed by atoms with Gasteiger partial charge in [0.15, 0.2) is 6.29 Å². The fourth-order valence-corrected chi connectivity index (χ4v) is 2.46. The van der Waals surface area contributed by atoms with Crippen LogP contribution in [0.4, 0.5) is 0 Å². The highest BCUT2D eigenvalue weighted by molar-refractivity contribution is 5.94. The fourth-order valence-electron chi connectivity index (χ4n) is 2.46. The second kappa shape index (κ2) is 7.91. The summed E-state index contributed by atoms with van der Waals surface area (Å²) in [6, 6.07) is 6.50. The summed E-state index contributed by atoms with van der Waals surface area (Å²) in [5, 5.41) is 25.6. The van der Waals surface area contributed by atoms with Crippen LogP contribution in [-0.4, -0.2) is 60.4 Å². The Balaban J connectivity index is 2.24. The van der Waals surface area contributed by atoms with Crippen LogP contribution in [0.3, 0.4) is 0 Å². The zero-order chi connectivity index (χ0) is 16.8. The SMILES string of the molecule is CO[C@@H]1O[C@@H](CO)[C@@H](O)[C@@H](N=[N+]=[N-])[C@H]1NC(=O)c1ccccc1. The van der Waals surface area contributed by atoms with Gasteiger partial charge in [0.2, 0.25) is 0 Å². The van der Waals surface area contributed by atoms with Gasteiger partial charge in [-0.1, -0.05) is 23.3 Å². The average Bonchev–Trinajstić information content (AvgIpc) is 2.59. The molecule has 0 bridgehead atoms. The van der Waals surface area contributed by atoms with Gasteiger partial charge in [0, 0.05) is 17.6 Å². The van der Waals surface area contributed by atoms with E-state index in [-0.39, 0.29) is 0 Å². The van der Waals surface area contributed by atoms with E-state index in [0.29, 0.717) is 5.56 Å². The van der Waals surface area contributed by atoms with E-state index in [4.69, 9.17) is 15.0 Å². The number of benzene rings is 1. The van der Waals surface area contributed by atoms with Gasteiger partial charge in [0.05, 0.1) is 24.8 Å². The maximum atomic E-state index is 12.3. The lowest BCUT2D eigenvalue weighted by molar-refractivity contribution is -0.236. The van der Waals surface area contributed by atoms with Gasteiger partial charge in [0.1, 0.15) is 6.10 Å². The Hall–Kier alpha value is -2.16. The van der Waals surface area contributed by atoms with E-state index in [0.717, 1.165) is 0 Å². The highest BCUT2D eigenvalue weighted by Gasteiger charge is 2.45. The maximum Gasteiger partial charge on any atom is 0.251 e. The molecule has 0 unspecified atom stereocenters. The molecule has 1 heterocycles. The first-order valence-corrected chi connectivity index (χ1v) is 6.99. The van der Waals surface area contributed by atoms with E-state index >= 15 is 0 Å². The van der Waals surface area contributed by atoms with E-state index < -0.39 is 43.1 Å². The van der Waals surface area contributed by atoms with Crippen LogP contribution in [-0.2, 0) is 9.47 Å². The number of aliphatic hydroxyl groups excluding tert-OH is 2. The van der Waals surface area contributed by atoms with Crippen LogP contribution >= 0.6 is 0 Å². The second-order valence-corrected chi connectivity index (χ2v) is 5.01. The molecule has 1 aliphatic rings. The zero-order valence-electron chi connectivity index (χ0n) is 12.4. The first kappa shape index (κ1) is 17.2. The lowest BCUT2D eigenvalue weighted by Crippen LogP contribution is -2.63. The summed E-state index contributed by atoms with van der Waals surface area (Å²) < 4.78 is 10.6. The quantitative estimate of drug-likeness (QED) is 0.404. The molecular weight excluding hydrogens is 304 g/mol. The van der Waals surface area contributed by atoms with Gasteiger partial charge in [-0.2, -0.15) is 0 Å². The van der Waals surface area contributed by atoms with Crippen LogP contribution in [0, 0.1) is 0 Å². The molecule has 1 aromatic carbocycles. The van der Waals surface area contributed by atoms with Gasteiger partial charge in [0.25, 0.3) is 5.91 Å². The molecule has 124 valence electrons. The number of carbonyl (C=O) groups excluding carboxylic acids is 1. The molecule has 9 nitrogen and oxygen atoms in total. The summed E-state index contributed by atoms with van der Waals surface area (Å²) in [7, 11) is 1.35. The Bertz CT molecular complexity index is 578. The average molecular weight is 322 g/mol. The molecule has 1 aliphatic heterocycles. The van der Waals surface area contributed by atoms with Crippen LogP contribution in [0.2, 0.25) is 0 Å². The van der Waals surface area contributed by atoms with Gasteiger partial charge in [-0.25, -0.2) is 0 Å². The monoisotopic (exact) mass is 322 g/mol. The number of amides is 1. The first-order chi connectivity index (χ1) is 11.1. The summed E-state index contributed by atoms with van der Waals surface area (Å²) in [6.45, 7) is -0.474. The molecule has 5 atom stereocenters. The number of methoxy groups -OCH3 is 1. The molecule has 1 fully saturated rings. The maximum absolute atomic E-state index is 12.3. The molecule has 1 amide bonds. The van der Waals surface area contributed by atoms with Crippen LogP contribution in [0.5, 0.6) is 0 Å². The number of nitrogens with zero attached hydrogens (tertiary/aromatic N) is 3. The minimum atomic E-state index is -1.27. The summed E-state index contributed by atoms with van der Waals surface area (Å²) in [4.78, 5) is 15.0. The van der Waals surface area contributed by atoms with E-state index in [1.807, 2.05) is 0 Å². The predicted octanol–water partition coefficient (Wildman–Crippen LogP) is 0.188. The lowest BCUT2D eigenvalue weighted by atomic mass is 9.94. The van der Waals surface area contributed by atoms with E-state index in [9.17, 15) is 15.0 Å². The molecule has 0 saturated carbocycles. The third-order valence-electron chi connectivity index (χ3n) is 3.63. The Morgan fingerprint density at radius 1 is 1.48 bits per heavy atom. The van der Waals surface area contributed by atoms with Gasteiger partial charge < -0.3 is 25.0 Å². The van der Waals surface area contributed by atoms with Crippen molar-refractivity contribution in [3.63, 3.8) is 0 Å². The molecule has 3 N–H and O–H groups in total. The number of hydrogen-bond donors (Lipinski definition) is 3. The van der Waals surface area contributed by atoms with Gasteiger partial charge >= 0.3 is 0 Å². The Labute approximate surface area is 132 Å². The van der Waals surface area contributed by atoms with E-state index in [2.05, 4.69) is 15.3 Å². The summed E-state index contributed by atoms with van der Waals surface area (Å²) in [6.07, 6.45) is -3.22. The van der Waals surface area contributed by atoms with Crippen molar-refractivity contribution in [2.75, 3.05) is 13.7 Å². The van der Waals surface area contributed by atoms with Crippen molar-refractivity contribution < 1.29 is 24.5 Å². The van der Waals surface area contributed by atoms with Crippen molar-refractivity contribution in [2.45, 2.75) is 30.6 Å². The third-order valence-corrected chi connectivity index (χ3v) is 3.63. The Morgan fingerprint density at radius 3 is 2.74 bits per heavy atom. The van der Waals surface area contributed by atoms with Crippen molar-refractivity contribution in [3.8, 4) is 0 Å². The van der Waals surface area contributed by atoms with Crippen molar-refractivity contribution in [3.05, 3.63) is 46.3 Å². The summed E-state index contributed by atoms with van der Waals surface area (Å²) in [5.74, 6) is -0.422. The number of aliphatic hydroxyl groups is 2. The number of nitrogens with one attached hydrogen (secondary N) is 1. The van der Waals surface area contributed by atoms with Gasteiger partial charge in [-0.15, -0.1) is 0 Å². The van der Waals surface area contributed by atoms with Crippen molar-refractivity contribution in [1.29, 1.82) is 0 Å². The first-order valence-electron chi connectivity index (χ1n) is 6.99. The fraction of sp³-hybridized carbons (Fsp3) is 0.500. The van der Waals surface area contributed by atoms with Crippen molar-refractivity contribution in [2.24, 2.45) is 5.11 Å². The highest BCUT2D eigenvalue weighted by Crippen LogP contribution is 2.24. The molecule has 0 spiro atoms. The summed E-state index contributed by atoms with van der Waals surface area (Å²) >= 11 is 0. The van der Waals surface area contributed by atoms with Crippen molar-refractivity contribution >= 4 is 5.91 Å². The number of azide groups is 1. The molecule has 1 saturated heterocycles. The van der Waals surface area contributed by atoms with Crippen molar-refractivity contribution in [1.82, 2.24) is 5.32 Å². The normalized spacial score (nSPS) is 30.3. The molecule has 0 aliphatic carbocycles. The van der Waals surface area contributed by atoms with Crippen LogP contribution in [0.1, 0.15) is 10.4 Å². The van der Waals surface area contributed by atoms with Gasteiger partial charge in [-0.3, -0.25) is 4.79 Å². The molecule has 0 radical (unpaired) electrons. The molecule has 0 aromatic heterocycles. The number of carbonyl (C=O) groups is 1.